The van der Waals surface area contributed by atoms with Gasteiger partial charge in [-0.15, -0.1) is 30.5 Å². The largest absolute Gasteiger partial charge is 0.477 e. The summed E-state index contributed by atoms with van der Waals surface area (Å²) in [5, 5.41) is 22.3. The Balaban J connectivity index is 2.24. The molecule has 23 nitrogen and oxygen atoms in total. The van der Waals surface area contributed by atoms with Gasteiger partial charge in [-0.3, -0.25) is 23.6 Å². The summed E-state index contributed by atoms with van der Waals surface area (Å²) in [4.78, 5) is 70.1. The van der Waals surface area contributed by atoms with Crippen molar-refractivity contribution in [1.29, 1.82) is 0 Å². The maximum Gasteiger partial charge on any atom is 0.428 e. The Morgan fingerprint density at radius 3 is 2.09 bits per heavy atom. The molecule has 0 aromatic carbocycles. The van der Waals surface area contributed by atoms with Gasteiger partial charge in [-0.2, -0.15) is 0 Å². The van der Waals surface area contributed by atoms with Gasteiger partial charge in [0, 0.05) is 29.2 Å². The summed E-state index contributed by atoms with van der Waals surface area (Å²) in [6, 6.07) is 0. The lowest BCUT2D eigenvalue weighted by Crippen LogP contribution is -2.77. The van der Waals surface area contributed by atoms with E-state index in [1.54, 1.807) is 0 Å². The molecule has 2 aliphatic rings. The molecule has 2 rings (SSSR count). The molecule has 0 saturated carbocycles. The number of carbonyl (C=O) groups is 4. The third kappa shape index (κ3) is 7.44. The van der Waals surface area contributed by atoms with Gasteiger partial charge in [0.25, 0.3) is 11.0 Å². The monoisotopic (exact) mass is 708 g/mol. The van der Waals surface area contributed by atoms with Crippen LogP contribution in [0.4, 0.5) is 4.79 Å². The predicted molar refractivity (Wildman–Crippen MR) is 145 cm³/mol. The molecule has 2 aliphatic heterocycles. The summed E-state index contributed by atoms with van der Waals surface area (Å²) in [6.07, 6.45) is -2.33. The first-order valence-electron chi connectivity index (χ1n) is 12.2. The third-order valence-corrected chi connectivity index (χ3v) is 12.5. The minimum Gasteiger partial charge on any atom is -0.477 e. The van der Waals surface area contributed by atoms with E-state index in [9.17, 15) is 38.5 Å². The number of aliphatic hydroxyl groups is 1. The number of hydrogen-bond donors (Lipinski definition) is 4. The van der Waals surface area contributed by atoms with E-state index in [-0.39, 0.29) is 30.7 Å². The highest BCUT2D eigenvalue weighted by Crippen LogP contribution is 2.78. The van der Waals surface area contributed by atoms with Gasteiger partial charge in [0.05, 0.1) is 28.4 Å². The molecule has 0 spiro atoms. The highest BCUT2D eigenvalue weighted by Gasteiger charge is 2.69. The molecule has 0 radical (unpaired) electrons. The van der Waals surface area contributed by atoms with Crippen LogP contribution in [0.15, 0.2) is 16.4 Å². The van der Waals surface area contributed by atoms with Crippen LogP contribution in [-0.4, -0.2) is 102 Å². The predicted octanol–water partition coefficient (Wildman–Crippen LogP) is 1.02. The van der Waals surface area contributed by atoms with Gasteiger partial charge in [0.1, 0.15) is 17.7 Å². The van der Waals surface area contributed by atoms with E-state index in [1.165, 1.54) is 0 Å². The molecule has 1 saturated heterocycles. The summed E-state index contributed by atoms with van der Waals surface area (Å²) in [6.45, 7) is -0.828. The molecule has 3 amide bonds. The summed E-state index contributed by atoms with van der Waals surface area (Å²) >= 11 is 0.872. The van der Waals surface area contributed by atoms with Crippen LogP contribution in [0, 0.1) is 0 Å². The Kier molecular flexibility index (Phi) is 13.8. The van der Waals surface area contributed by atoms with Gasteiger partial charge in [-0.05, 0) is 18.4 Å². The molecule has 0 aromatic rings. The second-order valence-corrected chi connectivity index (χ2v) is 14.1. The summed E-state index contributed by atoms with van der Waals surface area (Å²) in [5.74, 6) is -3.96. The van der Waals surface area contributed by atoms with Crippen LogP contribution in [-0.2, 0) is 66.5 Å². The smallest absolute Gasteiger partial charge is 0.428 e. The summed E-state index contributed by atoms with van der Waals surface area (Å²) in [5.41, 5.74) is 11.1. The van der Waals surface area contributed by atoms with Crippen molar-refractivity contribution >= 4 is 50.8 Å². The van der Waals surface area contributed by atoms with Gasteiger partial charge in [-0.1, -0.05) is 5.11 Å². The van der Waals surface area contributed by atoms with E-state index >= 15 is 0 Å². The van der Waals surface area contributed by atoms with Crippen LogP contribution in [0.3, 0.4) is 0 Å². The van der Waals surface area contributed by atoms with Gasteiger partial charge in [0.15, 0.2) is 0 Å². The van der Waals surface area contributed by atoms with Gasteiger partial charge < -0.3 is 26.0 Å². The maximum absolute atomic E-state index is 13.4. The fourth-order valence-electron chi connectivity index (χ4n) is 4.19. The number of nitrogens with zero attached hydrogens (tertiary/aromatic N) is 4. The van der Waals surface area contributed by atoms with Gasteiger partial charge >= 0.3 is 27.3 Å². The van der Waals surface area contributed by atoms with E-state index in [4.69, 9.17) is 11.3 Å². The number of amides is 3. The Hall–Kier alpha value is -2.82. The SMILES string of the molecule is COOP(=O)(OOC)C(O)(CCCCNC(=O)C1(N=[N+]=[N-])C(=O)N2C(C(=O)O)=C(COC(N)=O)CS[C@H]21)P(=O)(OOC)OOC. The molecule has 45 heavy (non-hydrogen) atoms. The number of carboxylic acids is 1. The Labute approximate surface area is 257 Å². The summed E-state index contributed by atoms with van der Waals surface area (Å²) in [7, 11) is -6.69. The first kappa shape index (κ1) is 38.4. The van der Waals surface area contributed by atoms with E-state index in [2.05, 4.69) is 58.3 Å². The number of carboxylic acid groups (broad SMARTS) is 1. The van der Waals surface area contributed by atoms with E-state index in [0.29, 0.717) is 0 Å². The number of nitrogens with one attached hydrogen (secondary N) is 1. The number of primary amides is 1. The molecule has 0 aliphatic carbocycles. The number of carbonyl (C=O) groups excluding carboxylic acids is 3. The molecule has 0 bridgehead atoms. The molecular weight excluding hydrogens is 678 g/mol. The number of unbranched alkanes of at least 4 members (excludes halogenated alkanes) is 1. The quantitative estimate of drug-likeness (QED) is 0.0158. The fraction of sp³-hybridized carbons (Fsp3) is 0.684. The van der Waals surface area contributed by atoms with E-state index in [1.807, 2.05) is 0 Å². The van der Waals surface area contributed by atoms with Crippen molar-refractivity contribution in [3.8, 4) is 0 Å². The number of azide groups is 1. The van der Waals surface area contributed by atoms with Crippen molar-refractivity contribution in [3.63, 3.8) is 0 Å². The Bertz CT molecular complexity index is 1280. The van der Waals surface area contributed by atoms with Crippen LogP contribution >= 0.6 is 27.0 Å². The zero-order valence-corrected chi connectivity index (χ0v) is 26.6. The van der Waals surface area contributed by atoms with Crippen molar-refractivity contribution < 1.29 is 81.5 Å². The highest BCUT2D eigenvalue weighted by molar-refractivity contribution is 8.00. The minimum absolute atomic E-state index is 0.0118. The third-order valence-electron chi connectivity index (χ3n) is 6.06. The van der Waals surface area contributed by atoms with Crippen LogP contribution in [0.5, 0.6) is 0 Å². The maximum atomic E-state index is 13.4. The molecule has 2 heterocycles. The van der Waals surface area contributed by atoms with Gasteiger partial charge in [-0.25, -0.2) is 29.1 Å². The lowest BCUT2D eigenvalue weighted by molar-refractivity contribution is -0.264. The van der Waals surface area contributed by atoms with Crippen molar-refractivity contribution in [2.45, 2.75) is 35.3 Å². The number of nitrogens with two attached hydrogens (primary N) is 1. The molecule has 1 fully saturated rings. The zero-order valence-electron chi connectivity index (χ0n) is 24.0. The fourth-order valence-corrected chi connectivity index (χ4v) is 9.39. The van der Waals surface area contributed by atoms with Crippen LogP contribution in [0.25, 0.3) is 10.4 Å². The van der Waals surface area contributed by atoms with Crippen LogP contribution in [0.1, 0.15) is 19.3 Å². The Morgan fingerprint density at radius 2 is 1.64 bits per heavy atom. The average Bonchev–Trinajstić information content (AvgIpc) is 2.97. The zero-order chi connectivity index (χ0) is 34.1. The average molecular weight is 708 g/mol. The lowest BCUT2D eigenvalue weighted by Gasteiger charge is -2.53. The summed E-state index contributed by atoms with van der Waals surface area (Å²) < 4.78 is 49.6. The number of thioether (sulfide) groups is 1. The highest BCUT2D eigenvalue weighted by atomic mass is 32.2. The van der Waals surface area contributed by atoms with E-state index in [0.717, 1.165) is 45.1 Å². The molecule has 2 atom stereocenters. The second-order valence-electron chi connectivity index (χ2n) is 8.61. The molecule has 0 aromatic heterocycles. The number of fused-ring (bicyclic) bond motifs is 1. The van der Waals surface area contributed by atoms with Crippen molar-refractivity contribution in [1.82, 2.24) is 10.2 Å². The van der Waals surface area contributed by atoms with E-state index < -0.39 is 73.8 Å². The topological polar surface area (TPSA) is 316 Å². The molecule has 26 heteroatoms. The second kappa shape index (κ2) is 16.1. The molecule has 254 valence electrons. The number of β-lactam (4-membered cyclic amide) rings is 1. The molecule has 5 N–H and O–H groups in total. The van der Waals surface area contributed by atoms with Crippen LogP contribution < -0.4 is 11.1 Å². The minimum atomic E-state index is -5.12. The van der Waals surface area contributed by atoms with Crippen molar-refractivity contribution in [3.05, 3.63) is 21.7 Å². The van der Waals surface area contributed by atoms with Crippen LogP contribution in [0.2, 0.25) is 0 Å². The first-order chi connectivity index (χ1) is 21.2. The van der Waals surface area contributed by atoms with Crippen molar-refractivity contribution in [2.75, 3.05) is 47.3 Å². The number of ether oxygens (including phenoxy) is 1. The van der Waals surface area contributed by atoms with Gasteiger partial charge in [0.2, 0.25) is 11.4 Å². The first-order valence-corrected chi connectivity index (χ1v) is 16.3. The standard InChI is InChI=1S/C19H30N6O17P2S/c1-34-39-43(32,40-35-2)18(31,44(33,41-36-3)42-37-4)7-5-6-8-22-14(28)19(23-24-21)15(29)25-12(13(26)27)11(9-38-17(20)30)10-45-16(19)25/h16,31H,5-10H2,1-4H3,(H2,20,30)(H,22,28)(H,26,27)/t16-,19?/m0/s1. The normalized spacial score (nSPS) is 20.2. The molecular formula is C19H30N6O17P2S. The Morgan fingerprint density at radius 1 is 1.11 bits per heavy atom. The van der Waals surface area contributed by atoms with Crippen molar-refractivity contribution in [2.24, 2.45) is 10.8 Å². The number of rotatable bonds is 20. The number of hydrogen-bond acceptors (Lipinski definition) is 18. The molecule has 1 unspecified atom stereocenters. The number of aliphatic carboxylic acids is 1. The lowest BCUT2D eigenvalue weighted by atomic mass is 9.86.